The molecule has 0 saturated heterocycles. The van der Waals surface area contributed by atoms with Crippen LogP contribution in [0.4, 0.5) is 5.69 Å². The number of carbonyl (C=O) groups is 1. The fourth-order valence-electron chi connectivity index (χ4n) is 2.57. The van der Waals surface area contributed by atoms with Crippen molar-refractivity contribution in [3.05, 3.63) is 65.7 Å². The van der Waals surface area contributed by atoms with Crippen molar-refractivity contribution in [1.82, 2.24) is 10.2 Å². The fourth-order valence-corrected chi connectivity index (χ4v) is 3.12. The van der Waals surface area contributed by atoms with Gasteiger partial charge in [0.2, 0.25) is 10.0 Å². The van der Waals surface area contributed by atoms with Crippen LogP contribution in [0.3, 0.4) is 0 Å². The van der Waals surface area contributed by atoms with Gasteiger partial charge in [0.15, 0.2) is 0 Å². The summed E-state index contributed by atoms with van der Waals surface area (Å²) in [5.74, 6) is -0.215. The highest BCUT2D eigenvalue weighted by atomic mass is 32.2. The first kappa shape index (κ1) is 19.9. The van der Waals surface area contributed by atoms with E-state index in [0.717, 1.165) is 25.8 Å². The molecule has 140 valence electrons. The maximum absolute atomic E-state index is 12.2. The van der Waals surface area contributed by atoms with Crippen LogP contribution in [-0.4, -0.2) is 45.6 Å². The van der Waals surface area contributed by atoms with Gasteiger partial charge in [0.05, 0.1) is 6.26 Å². The highest BCUT2D eigenvalue weighted by Crippen LogP contribution is 2.12. The van der Waals surface area contributed by atoms with Crippen molar-refractivity contribution >= 4 is 21.6 Å². The van der Waals surface area contributed by atoms with Crippen molar-refractivity contribution in [2.45, 2.75) is 13.0 Å². The third-order valence-corrected chi connectivity index (χ3v) is 4.33. The van der Waals surface area contributed by atoms with Gasteiger partial charge in [-0.3, -0.25) is 9.52 Å². The average molecular weight is 375 g/mol. The van der Waals surface area contributed by atoms with E-state index in [-0.39, 0.29) is 5.91 Å². The molecule has 0 radical (unpaired) electrons. The Morgan fingerprint density at radius 3 is 2.50 bits per heavy atom. The molecule has 2 aromatic carbocycles. The van der Waals surface area contributed by atoms with Crippen LogP contribution in [0.5, 0.6) is 0 Å². The van der Waals surface area contributed by atoms with E-state index in [1.165, 1.54) is 11.6 Å². The quantitative estimate of drug-likeness (QED) is 0.659. The van der Waals surface area contributed by atoms with Crippen LogP contribution < -0.4 is 10.0 Å². The van der Waals surface area contributed by atoms with Crippen molar-refractivity contribution in [2.24, 2.45) is 0 Å². The van der Waals surface area contributed by atoms with Gasteiger partial charge in [-0.1, -0.05) is 36.4 Å². The first-order chi connectivity index (χ1) is 12.3. The van der Waals surface area contributed by atoms with Gasteiger partial charge in [0.1, 0.15) is 0 Å². The summed E-state index contributed by atoms with van der Waals surface area (Å²) in [5, 5.41) is 2.87. The molecule has 0 saturated carbocycles. The number of hydrogen-bond acceptors (Lipinski definition) is 4. The molecule has 1 amide bonds. The van der Waals surface area contributed by atoms with Crippen molar-refractivity contribution in [3.8, 4) is 0 Å². The number of benzene rings is 2. The van der Waals surface area contributed by atoms with Crippen LogP contribution >= 0.6 is 0 Å². The second kappa shape index (κ2) is 9.35. The lowest BCUT2D eigenvalue weighted by Gasteiger charge is -2.16. The minimum absolute atomic E-state index is 0.215. The van der Waals surface area contributed by atoms with Gasteiger partial charge in [-0.25, -0.2) is 8.42 Å². The fraction of sp³-hybridized carbons (Fsp3) is 0.316. The minimum Gasteiger partial charge on any atom is -0.352 e. The zero-order valence-corrected chi connectivity index (χ0v) is 15.9. The average Bonchev–Trinajstić information content (AvgIpc) is 2.58. The van der Waals surface area contributed by atoms with Crippen molar-refractivity contribution < 1.29 is 13.2 Å². The van der Waals surface area contributed by atoms with Crippen molar-refractivity contribution in [3.63, 3.8) is 0 Å². The molecule has 0 bridgehead atoms. The second-order valence-electron chi connectivity index (χ2n) is 6.29. The van der Waals surface area contributed by atoms with Crippen molar-refractivity contribution in [2.75, 3.05) is 31.1 Å². The smallest absolute Gasteiger partial charge is 0.251 e. The number of sulfonamides is 1. The summed E-state index contributed by atoms with van der Waals surface area (Å²) < 4.78 is 24.9. The lowest BCUT2D eigenvalue weighted by Crippen LogP contribution is -2.28. The first-order valence-electron chi connectivity index (χ1n) is 8.42. The van der Waals surface area contributed by atoms with Crippen molar-refractivity contribution in [1.29, 1.82) is 0 Å². The molecular formula is C19H25N3O3S. The number of carbonyl (C=O) groups excluding carboxylic acids is 1. The summed E-state index contributed by atoms with van der Waals surface area (Å²) in [6.07, 6.45) is 1.90. The van der Waals surface area contributed by atoms with Gasteiger partial charge in [0.25, 0.3) is 5.91 Å². The summed E-state index contributed by atoms with van der Waals surface area (Å²) in [6, 6.07) is 16.7. The van der Waals surface area contributed by atoms with E-state index in [1.807, 2.05) is 18.2 Å². The minimum atomic E-state index is -3.36. The predicted octanol–water partition coefficient (Wildman–Crippen LogP) is 2.31. The number of nitrogens with zero attached hydrogens (tertiary/aromatic N) is 1. The van der Waals surface area contributed by atoms with Gasteiger partial charge >= 0.3 is 0 Å². The van der Waals surface area contributed by atoms with Crippen LogP contribution in [0.25, 0.3) is 0 Å². The Morgan fingerprint density at radius 2 is 1.81 bits per heavy atom. The molecule has 0 fully saturated rings. The molecule has 0 unspecified atom stereocenters. The molecule has 0 spiro atoms. The van der Waals surface area contributed by atoms with Crippen LogP contribution in [0.2, 0.25) is 0 Å². The van der Waals surface area contributed by atoms with E-state index < -0.39 is 10.0 Å². The maximum atomic E-state index is 12.2. The highest BCUT2D eigenvalue weighted by molar-refractivity contribution is 7.92. The van der Waals surface area contributed by atoms with Crippen LogP contribution in [0, 0.1) is 0 Å². The number of rotatable bonds is 9. The van der Waals surface area contributed by atoms with E-state index >= 15 is 0 Å². The van der Waals surface area contributed by atoms with E-state index in [4.69, 9.17) is 0 Å². The normalized spacial score (nSPS) is 11.3. The molecule has 0 atom stereocenters. The zero-order chi connectivity index (χ0) is 19.0. The summed E-state index contributed by atoms with van der Waals surface area (Å²) in [4.78, 5) is 14.4. The molecule has 2 aromatic rings. The summed E-state index contributed by atoms with van der Waals surface area (Å²) in [7, 11) is -1.31. The molecule has 0 aromatic heterocycles. The highest BCUT2D eigenvalue weighted by Gasteiger charge is 2.08. The zero-order valence-electron chi connectivity index (χ0n) is 15.1. The molecule has 0 aliphatic rings. The molecule has 7 heteroatoms. The third-order valence-electron chi connectivity index (χ3n) is 3.73. The number of amides is 1. The van der Waals surface area contributed by atoms with E-state index in [1.54, 1.807) is 18.2 Å². The molecule has 26 heavy (non-hydrogen) atoms. The monoisotopic (exact) mass is 375 g/mol. The largest absolute Gasteiger partial charge is 0.352 e. The Kier molecular flexibility index (Phi) is 7.17. The number of hydrogen-bond donors (Lipinski definition) is 2. The van der Waals surface area contributed by atoms with E-state index in [9.17, 15) is 13.2 Å². The molecule has 6 nitrogen and oxygen atoms in total. The van der Waals surface area contributed by atoms with Crippen LogP contribution in [0.1, 0.15) is 22.3 Å². The van der Waals surface area contributed by atoms with Gasteiger partial charge < -0.3 is 10.2 Å². The number of nitrogens with one attached hydrogen (secondary N) is 2. The predicted molar refractivity (Wildman–Crippen MR) is 105 cm³/mol. The van der Waals surface area contributed by atoms with Gasteiger partial charge in [0, 0.05) is 24.3 Å². The van der Waals surface area contributed by atoms with Gasteiger partial charge in [-0.2, -0.15) is 0 Å². The molecule has 2 rings (SSSR count). The molecule has 2 N–H and O–H groups in total. The Hall–Kier alpha value is -2.38. The number of anilines is 1. The second-order valence-corrected chi connectivity index (χ2v) is 8.04. The Bertz CT molecular complexity index is 823. The van der Waals surface area contributed by atoms with E-state index in [0.29, 0.717) is 17.8 Å². The molecule has 0 aliphatic heterocycles. The summed E-state index contributed by atoms with van der Waals surface area (Å²) in [5.41, 5.74) is 2.06. The first-order valence-corrected chi connectivity index (χ1v) is 10.3. The van der Waals surface area contributed by atoms with E-state index in [2.05, 4.69) is 34.1 Å². The Labute approximate surface area is 155 Å². The summed E-state index contributed by atoms with van der Waals surface area (Å²) in [6.45, 7) is 2.29. The standard InChI is InChI=1S/C19H25N3O3S/c1-22(15-16-8-4-3-5-9-16)13-7-12-20-19(23)17-10-6-11-18(14-17)21-26(2,24)25/h3-6,8-11,14,21H,7,12-13,15H2,1-2H3,(H,20,23). The van der Waals surface area contributed by atoms with Crippen LogP contribution in [-0.2, 0) is 16.6 Å². The lowest BCUT2D eigenvalue weighted by atomic mass is 10.2. The third kappa shape index (κ3) is 7.25. The lowest BCUT2D eigenvalue weighted by molar-refractivity contribution is 0.0952. The summed E-state index contributed by atoms with van der Waals surface area (Å²) >= 11 is 0. The topological polar surface area (TPSA) is 78.5 Å². The maximum Gasteiger partial charge on any atom is 0.251 e. The molecular weight excluding hydrogens is 350 g/mol. The Balaban J connectivity index is 1.75. The Morgan fingerprint density at radius 1 is 1.08 bits per heavy atom. The SMILES string of the molecule is CN(CCCNC(=O)c1cccc(NS(C)(=O)=O)c1)Cc1ccccc1. The molecule has 0 aliphatic carbocycles. The van der Waals surface area contributed by atoms with Gasteiger partial charge in [-0.05, 0) is 43.8 Å². The van der Waals surface area contributed by atoms with Crippen LogP contribution in [0.15, 0.2) is 54.6 Å². The van der Waals surface area contributed by atoms with Gasteiger partial charge in [-0.15, -0.1) is 0 Å². The molecule has 0 heterocycles.